The summed E-state index contributed by atoms with van der Waals surface area (Å²) >= 11 is 0. The maximum absolute atomic E-state index is 13.0. The van der Waals surface area contributed by atoms with Gasteiger partial charge in [-0.05, 0) is 63.4 Å². The fourth-order valence-electron chi connectivity index (χ4n) is 4.44. The molecule has 3 rings (SSSR count). The lowest BCUT2D eigenvalue weighted by Crippen LogP contribution is -2.59. The SMILES string of the molecule is C=N/C(=C\C=C(/C)N1CCOC2CCN(CC)C[C@@H]21)c1c(C)cc(C(F)(F)F)cc1O. The molecular formula is C23H30F3N3O2. The zero-order chi connectivity index (χ0) is 22.8. The second-order valence-corrected chi connectivity index (χ2v) is 8.05. The second kappa shape index (κ2) is 9.44. The van der Waals surface area contributed by atoms with Gasteiger partial charge in [0.15, 0.2) is 0 Å². The Hall–Kier alpha value is -2.32. The molecule has 0 saturated carbocycles. The number of aliphatic imine (C=N–C) groups is 1. The predicted octanol–water partition coefficient (Wildman–Crippen LogP) is 4.46. The van der Waals surface area contributed by atoms with Crippen molar-refractivity contribution in [2.24, 2.45) is 4.99 Å². The van der Waals surface area contributed by atoms with E-state index in [4.69, 9.17) is 4.74 Å². The van der Waals surface area contributed by atoms with Crippen LogP contribution in [0.3, 0.4) is 0 Å². The van der Waals surface area contributed by atoms with Gasteiger partial charge in [0.2, 0.25) is 0 Å². The number of alkyl halides is 3. The second-order valence-electron chi connectivity index (χ2n) is 8.05. The number of ether oxygens (including phenoxy) is 1. The van der Waals surface area contributed by atoms with Gasteiger partial charge in [-0.25, -0.2) is 0 Å². The molecule has 1 unspecified atom stereocenters. The number of allylic oxidation sites excluding steroid dienone is 3. The number of likely N-dealkylation sites (N-methyl/N-ethyl adjacent to an activating group) is 1. The third-order valence-electron chi connectivity index (χ3n) is 6.12. The number of likely N-dealkylation sites (tertiary alicyclic amines) is 1. The third-order valence-corrected chi connectivity index (χ3v) is 6.12. The number of halogens is 3. The molecule has 1 aromatic carbocycles. The van der Waals surface area contributed by atoms with Crippen LogP contribution in [0.25, 0.3) is 5.70 Å². The minimum atomic E-state index is -4.53. The smallest absolute Gasteiger partial charge is 0.416 e. The van der Waals surface area contributed by atoms with Crippen LogP contribution < -0.4 is 0 Å². The fourth-order valence-corrected chi connectivity index (χ4v) is 4.44. The number of aromatic hydroxyl groups is 1. The van der Waals surface area contributed by atoms with Crippen LogP contribution in [-0.4, -0.2) is 66.6 Å². The van der Waals surface area contributed by atoms with E-state index in [1.165, 1.54) is 6.92 Å². The molecule has 2 aliphatic rings. The molecular weight excluding hydrogens is 407 g/mol. The van der Waals surface area contributed by atoms with Gasteiger partial charge in [-0.15, -0.1) is 0 Å². The van der Waals surface area contributed by atoms with Crippen molar-refractivity contribution in [3.8, 4) is 5.75 Å². The number of rotatable bonds is 5. The third kappa shape index (κ3) is 5.13. The predicted molar refractivity (Wildman–Crippen MR) is 116 cm³/mol. The molecule has 2 aliphatic heterocycles. The van der Waals surface area contributed by atoms with Gasteiger partial charge in [0.05, 0.1) is 30.0 Å². The van der Waals surface area contributed by atoms with E-state index in [2.05, 4.69) is 28.4 Å². The minimum absolute atomic E-state index is 0.196. The summed E-state index contributed by atoms with van der Waals surface area (Å²) < 4.78 is 45.0. The highest BCUT2D eigenvalue weighted by Gasteiger charge is 2.36. The number of benzene rings is 1. The summed E-state index contributed by atoms with van der Waals surface area (Å²) in [5, 5.41) is 10.3. The lowest BCUT2D eigenvalue weighted by atomic mass is 9.98. The highest BCUT2D eigenvalue weighted by Crippen LogP contribution is 2.37. The molecule has 2 saturated heterocycles. The van der Waals surface area contributed by atoms with Crippen molar-refractivity contribution in [3.63, 3.8) is 0 Å². The minimum Gasteiger partial charge on any atom is -0.507 e. The topological polar surface area (TPSA) is 48.3 Å². The van der Waals surface area contributed by atoms with Gasteiger partial charge >= 0.3 is 6.18 Å². The summed E-state index contributed by atoms with van der Waals surface area (Å²) in [4.78, 5) is 8.70. The average Bonchev–Trinajstić information content (AvgIpc) is 2.73. The van der Waals surface area contributed by atoms with E-state index in [0.717, 1.165) is 50.4 Å². The maximum Gasteiger partial charge on any atom is 0.416 e. The molecule has 0 amide bonds. The van der Waals surface area contributed by atoms with Crippen LogP contribution in [0.5, 0.6) is 5.75 Å². The fraction of sp³-hybridized carbons (Fsp3) is 0.522. The summed E-state index contributed by atoms with van der Waals surface area (Å²) in [6.45, 7) is 13.6. The Morgan fingerprint density at radius 3 is 2.68 bits per heavy atom. The van der Waals surface area contributed by atoms with E-state index < -0.39 is 17.5 Å². The molecule has 31 heavy (non-hydrogen) atoms. The first kappa shape index (κ1) is 23.3. The number of morpholine rings is 1. The lowest BCUT2D eigenvalue weighted by molar-refractivity contribution is -0.137. The maximum atomic E-state index is 13.0. The van der Waals surface area contributed by atoms with E-state index >= 15 is 0 Å². The van der Waals surface area contributed by atoms with Crippen LogP contribution in [0, 0.1) is 6.92 Å². The number of aryl methyl sites for hydroxylation is 1. The highest BCUT2D eigenvalue weighted by atomic mass is 19.4. The Kier molecular flexibility index (Phi) is 7.11. The Bertz CT molecular complexity index is 856. The van der Waals surface area contributed by atoms with Crippen LogP contribution in [0.4, 0.5) is 13.2 Å². The average molecular weight is 438 g/mol. The van der Waals surface area contributed by atoms with Crippen molar-refractivity contribution in [3.05, 3.63) is 46.7 Å². The molecule has 2 fully saturated rings. The lowest BCUT2D eigenvalue weighted by Gasteiger charge is -2.48. The van der Waals surface area contributed by atoms with Crippen molar-refractivity contribution in [1.29, 1.82) is 0 Å². The van der Waals surface area contributed by atoms with Crippen molar-refractivity contribution in [1.82, 2.24) is 9.80 Å². The van der Waals surface area contributed by atoms with E-state index in [1.807, 2.05) is 13.0 Å². The zero-order valence-electron chi connectivity index (χ0n) is 18.2. The Balaban J connectivity index is 1.88. The number of piperidine rings is 1. The van der Waals surface area contributed by atoms with Gasteiger partial charge in [0.25, 0.3) is 0 Å². The normalized spacial score (nSPS) is 23.6. The highest BCUT2D eigenvalue weighted by molar-refractivity contribution is 5.76. The van der Waals surface area contributed by atoms with Crippen molar-refractivity contribution in [2.75, 3.05) is 32.8 Å². The molecule has 0 bridgehead atoms. The Morgan fingerprint density at radius 1 is 1.32 bits per heavy atom. The molecule has 0 aliphatic carbocycles. The van der Waals surface area contributed by atoms with Crippen molar-refractivity contribution >= 4 is 12.4 Å². The molecule has 5 nitrogen and oxygen atoms in total. The van der Waals surface area contributed by atoms with Crippen molar-refractivity contribution < 1.29 is 23.0 Å². The molecule has 0 spiro atoms. The molecule has 170 valence electrons. The van der Waals surface area contributed by atoms with Crippen LogP contribution in [-0.2, 0) is 10.9 Å². The standard InChI is InChI=1S/C23H30F3N3O2/c1-5-28-9-8-21-19(14-28)29(10-11-31-21)16(3)6-7-18(27-4)22-15(2)12-17(13-20(22)30)23(24,25)26/h6-7,12-13,19,21,30H,4-5,8-11,14H2,1-3H3/b16-6+,18-7-/t19-,21?/m0/s1. The van der Waals surface area contributed by atoms with E-state index in [0.29, 0.717) is 12.3 Å². The van der Waals surface area contributed by atoms with Gasteiger partial charge in [-0.1, -0.05) is 6.92 Å². The first-order chi connectivity index (χ1) is 14.7. The van der Waals surface area contributed by atoms with Crippen LogP contribution in [0.15, 0.2) is 35.0 Å². The zero-order valence-corrected chi connectivity index (χ0v) is 18.2. The monoisotopic (exact) mass is 437 g/mol. The number of phenolic OH excluding ortho intramolecular Hbond substituents is 1. The number of phenols is 1. The summed E-state index contributed by atoms with van der Waals surface area (Å²) in [5.74, 6) is -0.464. The van der Waals surface area contributed by atoms with Gasteiger partial charge in [0, 0.05) is 30.9 Å². The molecule has 2 heterocycles. The van der Waals surface area contributed by atoms with Gasteiger partial charge in [0.1, 0.15) is 5.75 Å². The summed E-state index contributed by atoms with van der Waals surface area (Å²) in [5.41, 5.74) is 0.989. The summed E-state index contributed by atoms with van der Waals surface area (Å²) in [6, 6.07) is 2.00. The first-order valence-electron chi connectivity index (χ1n) is 10.5. The molecule has 0 aromatic heterocycles. The Morgan fingerprint density at radius 2 is 2.06 bits per heavy atom. The van der Waals surface area contributed by atoms with Crippen LogP contribution in [0.1, 0.15) is 37.0 Å². The quantitative estimate of drug-likeness (QED) is 0.546. The Labute approximate surface area is 181 Å². The van der Waals surface area contributed by atoms with Crippen LogP contribution in [0.2, 0.25) is 0 Å². The largest absolute Gasteiger partial charge is 0.507 e. The van der Waals surface area contributed by atoms with Gasteiger partial charge in [-0.3, -0.25) is 4.99 Å². The van der Waals surface area contributed by atoms with Gasteiger partial charge < -0.3 is 19.6 Å². The molecule has 2 atom stereocenters. The van der Waals surface area contributed by atoms with Crippen LogP contribution >= 0.6 is 0 Å². The number of hydrogen-bond donors (Lipinski definition) is 1. The van der Waals surface area contributed by atoms with E-state index in [9.17, 15) is 18.3 Å². The number of nitrogens with zero attached hydrogens (tertiary/aromatic N) is 3. The number of fused-ring (bicyclic) bond motifs is 1. The molecule has 1 N–H and O–H groups in total. The van der Waals surface area contributed by atoms with Crippen molar-refractivity contribution in [2.45, 2.75) is 45.5 Å². The summed E-state index contributed by atoms with van der Waals surface area (Å²) in [7, 11) is 0. The van der Waals surface area contributed by atoms with E-state index in [1.54, 1.807) is 6.08 Å². The first-order valence-corrected chi connectivity index (χ1v) is 10.5. The molecule has 1 aromatic rings. The number of hydrogen-bond acceptors (Lipinski definition) is 5. The van der Waals surface area contributed by atoms with Gasteiger partial charge in [-0.2, -0.15) is 13.2 Å². The molecule has 8 heteroatoms. The molecule has 0 radical (unpaired) electrons. The summed E-state index contributed by atoms with van der Waals surface area (Å²) in [6.07, 6.45) is 0.247. The van der Waals surface area contributed by atoms with E-state index in [-0.39, 0.29) is 23.3 Å².